The zero-order chi connectivity index (χ0) is 19.7. The summed E-state index contributed by atoms with van der Waals surface area (Å²) in [5.41, 5.74) is 1.06. The van der Waals surface area contributed by atoms with E-state index in [1.807, 2.05) is 0 Å². The van der Waals surface area contributed by atoms with Gasteiger partial charge in [0.25, 0.3) is 5.16 Å². The Balaban J connectivity index is 2.02. The normalized spacial score (nSPS) is 15.0. The van der Waals surface area contributed by atoms with E-state index in [2.05, 4.69) is 26.5 Å². The van der Waals surface area contributed by atoms with Crippen LogP contribution < -0.4 is 5.32 Å². The molecule has 2 heterocycles. The second kappa shape index (κ2) is 7.40. The van der Waals surface area contributed by atoms with Gasteiger partial charge in [0.15, 0.2) is 20.6 Å². The van der Waals surface area contributed by atoms with E-state index < -0.39 is 29.9 Å². The number of hydrogen-bond acceptors (Lipinski definition) is 9. The number of rotatable bonds is 9. The number of fused-ring (bicyclic) bond motifs is 1. The van der Waals surface area contributed by atoms with Crippen molar-refractivity contribution in [2.75, 3.05) is 16.7 Å². The minimum absolute atomic E-state index is 0.192. The highest BCUT2D eigenvalue weighted by molar-refractivity contribution is 8.07. The van der Waals surface area contributed by atoms with Gasteiger partial charge < -0.3 is 5.32 Å². The predicted octanol–water partition coefficient (Wildman–Crippen LogP) is 0.711. The lowest BCUT2D eigenvalue weighted by molar-refractivity contribution is 0.584. The van der Waals surface area contributed by atoms with Crippen LogP contribution in [0.5, 0.6) is 0 Å². The summed E-state index contributed by atoms with van der Waals surface area (Å²) < 4.78 is 49.4. The SMILES string of the molecule is CS(=O)(=O)CS(=O)(=O)c1nc(NC2CC2)n2ncc(CCCCC#N)c2n1. The lowest BCUT2D eigenvalue weighted by Gasteiger charge is -2.09. The van der Waals surface area contributed by atoms with E-state index in [4.69, 9.17) is 5.26 Å². The summed E-state index contributed by atoms with van der Waals surface area (Å²) in [6.07, 6.45) is 6.81. The first-order valence-electron chi connectivity index (χ1n) is 8.48. The minimum atomic E-state index is -4.21. The molecule has 27 heavy (non-hydrogen) atoms. The molecule has 0 saturated heterocycles. The van der Waals surface area contributed by atoms with Gasteiger partial charge in [-0.25, -0.2) is 16.8 Å². The Hall–Kier alpha value is -2.26. The van der Waals surface area contributed by atoms with Crippen LogP contribution in [-0.4, -0.2) is 53.8 Å². The Morgan fingerprint density at radius 3 is 2.63 bits per heavy atom. The van der Waals surface area contributed by atoms with Gasteiger partial charge in [-0.2, -0.15) is 24.8 Å². The Morgan fingerprint density at radius 1 is 1.26 bits per heavy atom. The molecule has 0 radical (unpaired) electrons. The fourth-order valence-corrected chi connectivity index (χ4v) is 5.70. The van der Waals surface area contributed by atoms with Crippen LogP contribution in [0.4, 0.5) is 5.95 Å². The molecule has 1 saturated carbocycles. The van der Waals surface area contributed by atoms with Crippen LogP contribution in [0.2, 0.25) is 0 Å². The number of nitrogens with one attached hydrogen (secondary N) is 1. The van der Waals surface area contributed by atoms with Crippen molar-refractivity contribution >= 4 is 31.3 Å². The fraction of sp³-hybridized carbons (Fsp3) is 0.600. The topological polar surface area (TPSA) is 147 Å². The third-order valence-corrected chi connectivity index (χ3v) is 7.66. The number of nitriles is 1. The highest BCUT2D eigenvalue weighted by Gasteiger charge is 2.29. The van der Waals surface area contributed by atoms with Crippen molar-refractivity contribution in [2.45, 2.75) is 49.7 Å². The molecule has 12 heteroatoms. The number of anilines is 1. The second-order valence-electron chi connectivity index (χ2n) is 6.68. The molecule has 10 nitrogen and oxygen atoms in total. The molecule has 0 bridgehead atoms. The lowest BCUT2D eigenvalue weighted by atomic mass is 10.1. The summed E-state index contributed by atoms with van der Waals surface area (Å²) >= 11 is 0. The number of hydrogen-bond donors (Lipinski definition) is 1. The molecule has 0 unspecified atom stereocenters. The van der Waals surface area contributed by atoms with Crippen molar-refractivity contribution in [2.24, 2.45) is 0 Å². The molecule has 0 aromatic carbocycles. The van der Waals surface area contributed by atoms with Crippen molar-refractivity contribution in [1.29, 1.82) is 5.26 Å². The highest BCUT2D eigenvalue weighted by atomic mass is 32.3. The van der Waals surface area contributed by atoms with Gasteiger partial charge in [-0.1, -0.05) is 0 Å². The van der Waals surface area contributed by atoms with Gasteiger partial charge in [-0.15, -0.1) is 0 Å². The van der Waals surface area contributed by atoms with E-state index in [-0.39, 0.29) is 12.0 Å². The maximum atomic E-state index is 12.5. The van der Waals surface area contributed by atoms with Crippen molar-refractivity contribution in [1.82, 2.24) is 19.6 Å². The molecule has 1 aliphatic carbocycles. The zero-order valence-corrected chi connectivity index (χ0v) is 16.4. The highest BCUT2D eigenvalue weighted by Crippen LogP contribution is 2.25. The van der Waals surface area contributed by atoms with E-state index >= 15 is 0 Å². The van der Waals surface area contributed by atoms with Crippen LogP contribution in [0.1, 0.15) is 37.7 Å². The Morgan fingerprint density at radius 2 is 2.00 bits per heavy atom. The summed E-state index contributed by atoms with van der Waals surface area (Å²) in [6, 6.07) is 2.27. The van der Waals surface area contributed by atoms with E-state index in [0.717, 1.165) is 31.1 Å². The first kappa shape index (κ1) is 19.5. The molecule has 0 amide bonds. The first-order valence-corrected chi connectivity index (χ1v) is 12.2. The number of sulfone groups is 2. The minimum Gasteiger partial charge on any atom is -0.351 e. The second-order valence-corrected chi connectivity index (χ2v) is 11.1. The zero-order valence-electron chi connectivity index (χ0n) is 14.8. The molecule has 0 aliphatic heterocycles. The van der Waals surface area contributed by atoms with Crippen LogP contribution in [0, 0.1) is 11.3 Å². The summed E-state index contributed by atoms with van der Waals surface area (Å²) in [6.45, 7) is 0. The van der Waals surface area contributed by atoms with Crippen molar-refractivity contribution in [3.05, 3.63) is 11.8 Å². The largest absolute Gasteiger partial charge is 0.351 e. The maximum absolute atomic E-state index is 12.5. The van der Waals surface area contributed by atoms with Crippen LogP contribution in [0.25, 0.3) is 5.65 Å². The molecule has 1 aliphatic rings. The smallest absolute Gasteiger partial charge is 0.253 e. The molecule has 2 aromatic heterocycles. The van der Waals surface area contributed by atoms with Gasteiger partial charge in [0, 0.05) is 24.3 Å². The molecule has 2 aromatic rings. The van der Waals surface area contributed by atoms with Crippen molar-refractivity contribution < 1.29 is 16.8 Å². The number of aryl methyl sites for hydroxylation is 1. The maximum Gasteiger partial charge on any atom is 0.253 e. The molecule has 1 N–H and O–H groups in total. The molecule has 0 atom stereocenters. The Labute approximate surface area is 157 Å². The summed E-state index contributed by atoms with van der Waals surface area (Å²) in [4.78, 5) is 8.15. The summed E-state index contributed by atoms with van der Waals surface area (Å²) in [5.74, 6) is 0.234. The number of unbranched alkanes of at least 4 members (excludes halogenated alkanes) is 2. The summed E-state index contributed by atoms with van der Waals surface area (Å²) in [5, 5.41) is 14.4. The number of nitrogens with zero attached hydrogens (tertiary/aromatic N) is 5. The van der Waals surface area contributed by atoms with Gasteiger partial charge in [-0.05, 0) is 32.1 Å². The van der Waals surface area contributed by atoms with Crippen LogP contribution in [-0.2, 0) is 26.1 Å². The van der Waals surface area contributed by atoms with E-state index in [0.29, 0.717) is 24.9 Å². The third-order valence-electron chi connectivity index (χ3n) is 3.96. The average molecular weight is 412 g/mol. The fourth-order valence-electron chi connectivity index (χ4n) is 2.58. The molecule has 3 rings (SSSR count). The molecular formula is C15H20N6O4S2. The summed E-state index contributed by atoms with van der Waals surface area (Å²) in [7, 11) is -7.97. The van der Waals surface area contributed by atoms with E-state index in [9.17, 15) is 16.8 Å². The molecule has 1 fully saturated rings. The lowest BCUT2D eigenvalue weighted by Crippen LogP contribution is -2.20. The Kier molecular flexibility index (Phi) is 5.34. The van der Waals surface area contributed by atoms with Crippen molar-refractivity contribution in [3.8, 4) is 6.07 Å². The monoisotopic (exact) mass is 412 g/mol. The predicted molar refractivity (Wildman–Crippen MR) is 97.5 cm³/mol. The van der Waals surface area contributed by atoms with Gasteiger partial charge in [0.1, 0.15) is 0 Å². The van der Waals surface area contributed by atoms with Gasteiger partial charge in [-0.3, -0.25) is 0 Å². The van der Waals surface area contributed by atoms with E-state index in [1.54, 1.807) is 6.20 Å². The van der Waals surface area contributed by atoms with Crippen LogP contribution in [0.3, 0.4) is 0 Å². The molecule has 0 spiro atoms. The third kappa shape index (κ3) is 4.92. The first-order chi connectivity index (χ1) is 12.7. The van der Waals surface area contributed by atoms with Crippen LogP contribution in [0.15, 0.2) is 11.4 Å². The molecule has 146 valence electrons. The quantitative estimate of drug-likeness (QED) is 0.588. The van der Waals surface area contributed by atoms with Crippen molar-refractivity contribution in [3.63, 3.8) is 0 Å². The van der Waals surface area contributed by atoms with Crippen LogP contribution >= 0.6 is 0 Å². The van der Waals surface area contributed by atoms with Gasteiger partial charge in [0.05, 0.1) is 12.3 Å². The molecular weight excluding hydrogens is 392 g/mol. The Bertz CT molecular complexity index is 1100. The average Bonchev–Trinajstić information content (AvgIpc) is 3.27. The van der Waals surface area contributed by atoms with Gasteiger partial charge in [0.2, 0.25) is 15.8 Å². The standard InChI is InChI=1S/C15H20N6O4S2/c1-26(22,23)10-27(24,25)15-19-13-11(5-3-2-4-8-16)9-17-21(13)14(20-15)18-12-6-7-12/h9,12H,2-7,10H2,1H3,(H,18,19,20). The number of aromatic nitrogens is 4. The van der Waals surface area contributed by atoms with Gasteiger partial charge >= 0.3 is 0 Å². The van der Waals surface area contributed by atoms with E-state index in [1.165, 1.54) is 4.52 Å².